The Balaban J connectivity index is 1.81. The van der Waals surface area contributed by atoms with Gasteiger partial charge in [0.1, 0.15) is 35.3 Å². The number of rotatable bonds is 8. The van der Waals surface area contributed by atoms with E-state index in [1.165, 1.54) is 21.5 Å². The van der Waals surface area contributed by atoms with Crippen LogP contribution in [-0.2, 0) is 11.2 Å². The fourth-order valence-electron chi connectivity index (χ4n) is 4.16. The van der Waals surface area contributed by atoms with Crippen LogP contribution in [0.3, 0.4) is 0 Å². The maximum Gasteiger partial charge on any atom is 0.127 e. The smallest absolute Gasteiger partial charge is 0.127 e. The molecule has 0 spiro atoms. The Kier molecular flexibility index (Phi) is 6.90. The molecule has 31 heavy (non-hydrogen) atoms. The van der Waals surface area contributed by atoms with Crippen molar-refractivity contribution >= 4 is 29.1 Å². The van der Waals surface area contributed by atoms with Crippen LogP contribution in [-0.4, -0.2) is 12.1 Å². The Morgan fingerprint density at radius 3 is 1.35 bits per heavy atom. The van der Waals surface area contributed by atoms with Gasteiger partial charge in [0.2, 0.25) is 0 Å². The molecule has 0 bridgehead atoms. The van der Waals surface area contributed by atoms with Gasteiger partial charge in [-0.25, -0.2) is 4.79 Å². The fourth-order valence-corrected chi connectivity index (χ4v) is 8.44. The SMILES string of the molecule is O=C=C(CCc1ccccc1)C[P+](c1ccccc1)(c1ccccc1)c1ccccc1. The maximum atomic E-state index is 12.2. The van der Waals surface area contributed by atoms with E-state index in [4.69, 9.17) is 0 Å². The van der Waals surface area contributed by atoms with Crippen LogP contribution < -0.4 is 15.9 Å². The van der Waals surface area contributed by atoms with Gasteiger partial charge < -0.3 is 0 Å². The average Bonchev–Trinajstić information content (AvgIpc) is 2.87. The van der Waals surface area contributed by atoms with E-state index in [1.807, 2.05) is 6.07 Å². The van der Waals surface area contributed by atoms with Crippen molar-refractivity contribution in [3.05, 3.63) is 132 Å². The molecule has 4 rings (SSSR count). The molecule has 0 heterocycles. The zero-order chi connectivity index (χ0) is 21.4. The molecule has 0 fully saturated rings. The number of hydrogen-bond donors (Lipinski definition) is 0. The predicted octanol–water partition coefficient (Wildman–Crippen LogP) is 5.37. The molecule has 1 nitrogen and oxygen atoms in total. The Morgan fingerprint density at radius 1 is 0.581 bits per heavy atom. The monoisotopic (exact) mass is 421 g/mol. The first-order valence-corrected chi connectivity index (χ1v) is 12.6. The second-order valence-electron chi connectivity index (χ2n) is 7.67. The molecule has 0 unspecified atom stereocenters. The highest BCUT2D eigenvalue weighted by Gasteiger charge is 2.46. The molecule has 0 radical (unpaired) electrons. The van der Waals surface area contributed by atoms with Gasteiger partial charge in [-0.2, -0.15) is 0 Å². The molecule has 0 aromatic heterocycles. The van der Waals surface area contributed by atoms with Gasteiger partial charge in [0.05, 0.1) is 5.57 Å². The van der Waals surface area contributed by atoms with Crippen molar-refractivity contribution in [2.24, 2.45) is 0 Å². The number of hydrogen-bond acceptors (Lipinski definition) is 1. The van der Waals surface area contributed by atoms with Crippen LogP contribution in [0.25, 0.3) is 0 Å². The summed E-state index contributed by atoms with van der Waals surface area (Å²) in [4.78, 5) is 12.2. The molecule has 0 aliphatic rings. The van der Waals surface area contributed by atoms with E-state index in [0.29, 0.717) is 6.16 Å². The predicted molar refractivity (Wildman–Crippen MR) is 134 cm³/mol. The minimum absolute atomic E-state index is 0.710. The summed E-state index contributed by atoms with van der Waals surface area (Å²) in [6.45, 7) is 0. The number of benzene rings is 4. The second kappa shape index (κ2) is 10.2. The third-order valence-corrected chi connectivity index (χ3v) is 10.1. The van der Waals surface area contributed by atoms with E-state index in [0.717, 1.165) is 18.4 Å². The van der Waals surface area contributed by atoms with Crippen LogP contribution >= 0.6 is 7.26 Å². The summed E-state index contributed by atoms with van der Waals surface area (Å²) >= 11 is 0. The number of allylic oxidation sites excluding steroid dienone is 1. The Hall–Kier alpha value is -3.24. The van der Waals surface area contributed by atoms with E-state index in [2.05, 4.69) is 121 Å². The van der Waals surface area contributed by atoms with Crippen molar-refractivity contribution in [2.45, 2.75) is 12.8 Å². The summed E-state index contributed by atoms with van der Waals surface area (Å²) in [5.74, 6) is 2.33. The van der Waals surface area contributed by atoms with Crippen LogP contribution in [0.1, 0.15) is 12.0 Å². The molecule has 0 saturated heterocycles. The summed E-state index contributed by atoms with van der Waals surface area (Å²) in [5.41, 5.74) is 2.10. The first kappa shape index (κ1) is 21.0. The van der Waals surface area contributed by atoms with Gasteiger partial charge in [-0.3, -0.25) is 0 Å². The van der Waals surface area contributed by atoms with Crippen molar-refractivity contribution in [1.29, 1.82) is 0 Å². The highest BCUT2D eigenvalue weighted by molar-refractivity contribution is 7.95. The van der Waals surface area contributed by atoms with Crippen LogP contribution in [0.4, 0.5) is 0 Å². The van der Waals surface area contributed by atoms with Crippen molar-refractivity contribution in [3.8, 4) is 0 Å². The summed E-state index contributed by atoms with van der Waals surface area (Å²) in [7, 11) is -2.05. The average molecular weight is 422 g/mol. The molecule has 0 N–H and O–H groups in total. The maximum absolute atomic E-state index is 12.2. The molecule has 0 amide bonds. The van der Waals surface area contributed by atoms with Gasteiger partial charge in [-0.1, -0.05) is 84.9 Å². The lowest BCUT2D eigenvalue weighted by atomic mass is 10.1. The molecule has 4 aromatic rings. The lowest BCUT2D eigenvalue weighted by Crippen LogP contribution is -2.34. The van der Waals surface area contributed by atoms with Crippen LogP contribution in [0, 0.1) is 0 Å². The van der Waals surface area contributed by atoms with E-state index in [1.54, 1.807) is 0 Å². The highest BCUT2D eigenvalue weighted by atomic mass is 31.2. The van der Waals surface area contributed by atoms with Gasteiger partial charge in [-0.15, -0.1) is 0 Å². The summed E-state index contributed by atoms with van der Waals surface area (Å²) in [5, 5.41) is 3.87. The Labute approximate surface area is 185 Å². The Morgan fingerprint density at radius 2 is 0.968 bits per heavy atom. The molecular weight excluding hydrogens is 395 g/mol. The molecule has 0 aliphatic heterocycles. The standard InChI is InChI=1S/C29H26OP/c30-23-26(22-21-25-13-5-1-6-14-25)24-31(27-15-7-2-8-16-27,28-17-9-3-10-18-28)29-19-11-4-12-20-29/h1-20H,21-22,24H2/q+1. The molecular formula is C29H26OP+. The minimum atomic E-state index is -2.05. The minimum Gasteiger partial charge on any atom is -0.233 e. The largest absolute Gasteiger partial charge is 0.233 e. The van der Waals surface area contributed by atoms with Gasteiger partial charge in [-0.05, 0) is 54.8 Å². The normalized spacial score (nSPS) is 11.0. The van der Waals surface area contributed by atoms with Crippen LogP contribution in [0.2, 0.25) is 0 Å². The van der Waals surface area contributed by atoms with Gasteiger partial charge >= 0.3 is 0 Å². The Bertz CT molecular complexity index is 1040. The quantitative estimate of drug-likeness (QED) is 0.276. The molecule has 4 aromatic carbocycles. The van der Waals surface area contributed by atoms with Crippen LogP contribution in [0.5, 0.6) is 0 Å². The molecule has 0 atom stereocenters. The molecule has 0 aliphatic carbocycles. The summed E-state index contributed by atoms with van der Waals surface area (Å²) in [6, 6.07) is 42.4. The van der Waals surface area contributed by atoms with Gasteiger partial charge in [0.15, 0.2) is 0 Å². The van der Waals surface area contributed by atoms with Crippen molar-refractivity contribution in [3.63, 3.8) is 0 Å². The third-order valence-electron chi connectivity index (χ3n) is 5.72. The van der Waals surface area contributed by atoms with Crippen molar-refractivity contribution < 1.29 is 4.79 Å². The molecule has 152 valence electrons. The van der Waals surface area contributed by atoms with Crippen molar-refractivity contribution in [2.75, 3.05) is 6.16 Å². The van der Waals surface area contributed by atoms with E-state index in [9.17, 15) is 4.79 Å². The van der Waals surface area contributed by atoms with Gasteiger partial charge in [0, 0.05) is 0 Å². The molecule has 2 heteroatoms. The van der Waals surface area contributed by atoms with Gasteiger partial charge in [0.25, 0.3) is 0 Å². The topological polar surface area (TPSA) is 17.1 Å². The summed E-state index contributed by atoms with van der Waals surface area (Å²) in [6.07, 6.45) is 2.28. The van der Waals surface area contributed by atoms with E-state index < -0.39 is 7.26 Å². The number of aryl methyl sites for hydroxylation is 1. The van der Waals surface area contributed by atoms with E-state index >= 15 is 0 Å². The first-order chi connectivity index (χ1) is 15.3. The zero-order valence-corrected chi connectivity index (χ0v) is 18.4. The zero-order valence-electron chi connectivity index (χ0n) is 17.5. The molecule has 0 saturated carbocycles. The third kappa shape index (κ3) is 4.75. The van der Waals surface area contributed by atoms with Crippen molar-refractivity contribution in [1.82, 2.24) is 0 Å². The van der Waals surface area contributed by atoms with E-state index in [-0.39, 0.29) is 0 Å². The first-order valence-electron chi connectivity index (χ1n) is 10.6. The summed E-state index contributed by atoms with van der Waals surface area (Å²) < 4.78 is 0. The highest BCUT2D eigenvalue weighted by Crippen LogP contribution is 2.56. The second-order valence-corrected chi connectivity index (χ2v) is 11.2. The van der Waals surface area contributed by atoms with Crippen LogP contribution in [0.15, 0.2) is 127 Å². The lowest BCUT2D eigenvalue weighted by molar-refractivity contribution is 0.566. The lowest BCUT2D eigenvalue weighted by Gasteiger charge is -2.28. The fraction of sp³-hybridized carbons (Fsp3) is 0.103. The number of carbonyl (C=O) groups excluding carboxylic acids is 1.